The number of hydrogen-bond acceptors (Lipinski definition) is 4. The summed E-state index contributed by atoms with van der Waals surface area (Å²) in [5.41, 5.74) is 0. The van der Waals surface area contributed by atoms with E-state index in [0.29, 0.717) is 19.8 Å². The van der Waals surface area contributed by atoms with Gasteiger partial charge in [-0.15, -0.1) is 0 Å². The van der Waals surface area contributed by atoms with Crippen LogP contribution < -0.4 is 5.32 Å². The zero-order valence-corrected chi connectivity index (χ0v) is 8.45. The second-order valence-corrected chi connectivity index (χ2v) is 2.95. The van der Waals surface area contributed by atoms with Crippen LogP contribution in [0.25, 0.3) is 0 Å². The van der Waals surface area contributed by atoms with Crippen LogP contribution in [0.5, 0.6) is 0 Å². The van der Waals surface area contributed by atoms with E-state index in [1.807, 2.05) is 0 Å². The van der Waals surface area contributed by atoms with Crippen molar-refractivity contribution in [1.29, 1.82) is 0 Å². The molecule has 0 aliphatic heterocycles. The maximum Gasteiger partial charge on any atom is 0.165 e. The van der Waals surface area contributed by atoms with E-state index in [0.717, 1.165) is 6.42 Å². The van der Waals surface area contributed by atoms with Crippen molar-refractivity contribution >= 4 is 5.82 Å². The average Bonchev–Trinajstić information content (AvgIpc) is 2.25. The molecule has 0 amide bonds. The molecule has 0 atom stereocenters. The Morgan fingerprint density at radius 3 is 3.07 bits per heavy atom. The highest BCUT2D eigenvalue weighted by atomic mass is 19.1. The lowest BCUT2D eigenvalue weighted by Gasteiger charge is -2.06. The Balaban J connectivity index is 2.12. The zero-order valence-electron chi connectivity index (χ0n) is 8.45. The standard InChI is InChI=1S/C10H15FN2O2/c11-9-3-1-4-12-10(9)13-5-2-7-15-8-6-14/h1,3-4,14H,2,5-8H2,(H,12,13). The Bertz CT molecular complexity index is 284. The summed E-state index contributed by atoms with van der Waals surface area (Å²) >= 11 is 0. The number of pyridine rings is 1. The van der Waals surface area contributed by atoms with Crippen LogP contribution in [0.15, 0.2) is 18.3 Å². The highest BCUT2D eigenvalue weighted by Gasteiger charge is 1.99. The molecule has 0 fully saturated rings. The Kier molecular flexibility index (Phi) is 5.65. The van der Waals surface area contributed by atoms with Crippen molar-refractivity contribution in [3.8, 4) is 0 Å². The summed E-state index contributed by atoms with van der Waals surface area (Å²) in [4.78, 5) is 3.85. The van der Waals surface area contributed by atoms with Crippen LogP contribution in [0.3, 0.4) is 0 Å². The molecule has 1 aromatic rings. The number of aliphatic hydroxyl groups is 1. The second kappa shape index (κ2) is 7.14. The van der Waals surface area contributed by atoms with Crippen LogP contribution in [0.4, 0.5) is 10.2 Å². The van der Waals surface area contributed by atoms with Crippen LogP contribution in [0.2, 0.25) is 0 Å². The third-order valence-electron chi connectivity index (χ3n) is 1.75. The molecule has 1 rings (SSSR count). The van der Waals surface area contributed by atoms with Gasteiger partial charge in [-0.3, -0.25) is 0 Å². The molecule has 1 heterocycles. The minimum Gasteiger partial charge on any atom is -0.394 e. The van der Waals surface area contributed by atoms with Gasteiger partial charge < -0.3 is 15.2 Å². The van der Waals surface area contributed by atoms with E-state index in [-0.39, 0.29) is 18.2 Å². The summed E-state index contributed by atoms with van der Waals surface area (Å²) < 4.78 is 18.1. The quantitative estimate of drug-likeness (QED) is 0.666. The SMILES string of the molecule is OCCOCCCNc1ncccc1F. The van der Waals surface area contributed by atoms with Crippen molar-refractivity contribution in [2.45, 2.75) is 6.42 Å². The Morgan fingerprint density at radius 1 is 1.47 bits per heavy atom. The molecule has 0 radical (unpaired) electrons. The minimum absolute atomic E-state index is 0.0301. The van der Waals surface area contributed by atoms with Crippen LogP contribution >= 0.6 is 0 Å². The number of anilines is 1. The van der Waals surface area contributed by atoms with Crippen molar-refractivity contribution in [2.75, 3.05) is 31.7 Å². The minimum atomic E-state index is -0.353. The number of aliphatic hydroxyl groups excluding tert-OH is 1. The summed E-state index contributed by atoms with van der Waals surface area (Å²) in [5.74, 6) is -0.0894. The molecule has 0 unspecified atom stereocenters. The summed E-state index contributed by atoms with van der Waals surface area (Å²) in [5, 5.41) is 11.3. The van der Waals surface area contributed by atoms with Gasteiger partial charge in [0.05, 0.1) is 13.2 Å². The van der Waals surface area contributed by atoms with Crippen LogP contribution in [-0.2, 0) is 4.74 Å². The highest BCUT2D eigenvalue weighted by Crippen LogP contribution is 2.07. The second-order valence-electron chi connectivity index (χ2n) is 2.95. The lowest BCUT2D eigenvalue weighted by Crippen LogP contribution is -2.09. The van der Waals surface area contributed by atoms with Gasteiger partial charge in [0.2, 0.25) is 0 Å². The van der Waals surface area contributed by atoms with Crippen molar-refractivity contribution in [3.63, 3.8) is 0 Å². The summed E-state index contributed by atoms with van der Waals surface area (Å²) in [6, 6.07) is 2.91. The molecule has 0 saturated heterocycles. The van der Waals surface area contributed by atoms with Gasteiger partial charge in [0, 0.05) is 19.3 Å². The normalized spacial score (nSPS) is 10.3. The van der Waals surface area contributed by atoms with Crippen LogP contribution in [0.1, 0.15) is 6.42 Å². The molecule has 84 valence electrons. The van der Waals surface area contributed by atoms with Crippen molar-refractivity contribution in [3.05, 3.63) is 24.1 Å². The summed E-state index contributed by atoms with van der Waals surface area (Å²) in [6.07, 6.45) is 2.28. The number of hydrogen-bond donors (Lipinski definition) is 2. The predicted octanol–water partition coefficient (Wildman–Crippen LogP) is 1.03. The van der Waals surface area contributed by atoms with E-state index < -0.39 is 0 Å². The van der Waals surface area contributed by atoms with Gasteiger partial charge in [-0.05, 0) is 18.6 Å². The van der Waals surface area contributed by atoms with E-state index in [4.69, 9.17) is 9.84 Å². The summed E-state index contributed by atoms with van der Waals surface area (Å²) in [7, 11) is 0. The molecule has 0 bridgehead atoms. The zero-order chi connectivity index (χ0) is 10.9. The molecule has 4 nitrogen and oxygen atoms in total. The fourth-order valence-corrected chi connectivity index (χ4v) is 1.06. The first-order chi connectivity index (χ1) is 7.34. The first kappa shape index (κ1) is 11.9. The van der Waals surface area contributed by atoms with Gasteiger partial charge in [0.25, 0.3) is 0 Å². The lowest BCUT2D eigenvalue weighted by atomic mass is 10.4. The Hall–Kier alpha value is -1.20. The van der Waals surface area contributed by atoms with Crippen molar-refractivity contribution in [2.24, 2.45) is 0 Å². The molecule has 0 saturated carbocycles. The molecular formula is C10H15FN2O2. The Labute approximate surface area is 88.1 Å². The van der Waals surface area contributed by atoms with E-state index in [9.17, 15) is 4.39 Å². The number of nitrogens with zero attached hydrogens (tertiary/aromatic N) is 1. The van der Waals surface area contributed by atoms with Gasteiger partial charge in [-0.25, -0.2) is 9.37 Å². The number of halogens is 1. The van der Waals surface area contributed by atoms with Crippen molar-refractivity contribution < 1.29 is 14.2 Å². The fraction of sp³-hybridized carbons (Fsp3) is 0.500. The Morgan fingerprint density at radius 2 is 2.33 bits per heavy atom. The number of rotatable bonds is 7. The fourth-order valence-electron chi connectivity index (χ4n) is 1.06. The number of ether oxygens (including phenoxy) is 1. The van der Waals surface area contributed by atoms with Crippen LogP contribution in [0, 0.1) is 5.82 Å². The maximum atomic E-state index is 13.0. The molecule has 5 heteroatoms. The molecule has 0 aliphatic rings. The largest absolute Gasteiger partial charge is 0.394 e. The van der Waals surface area contributed by atoms with E-state index in [2.05, 4.69) is 10.3 Å². The molecular weight excluding hydrogens is 199 g/mol. The van der Waals surface area contributed by atoms with E-state index >= 15 is 0 Å². The van der Waals surface area contributed by atoms with E-state index in [1.54, 1.807) is 6.07 Å². The first-order valence-corrected chi connectivity index (χ1v) is 4.87. The van der Waals surface area contributed by atoms with E-state index in [1.165, 1.54) is 12.3 Å². The number of aromatic nitrogens is 1. The first-order valence-electron chi connectivity index (χ1n) is 4.87. The third kappa shape index (κ3) is 4.71. The molecule has 0 aromatic carbocycles. The van der Waals surface area contributed by atoms with Gasteiger partial charge in [-0.1, -0.05) is 0 Å². The highest BCUT2D eigenvalue weighted by molar-refractivity contribution is 5.35. The maximum absolute atomic E-state index is 13.0. The monoisotopic (exact) mass is 214 g/mol. The molecule has 0 spiro atoms. The molecule has 1 aromatic heterocycles. The molecule has 15 heavy (non-hydrogen) atoms. The number of nitrogens with one attached hydrogen (secondary N) is 1. The lowest BCUT2D eigenvalue weighted by molar-refractivity contribution is 0.0921. The molecule has 2 N–H and O–H groups in total. The van der Waals surface area contributed by atoms with Gasteiger partial charge in [0.1, 0.15) is 0 Å². The van der Waals surface area contributed by atoms with Gasteiger partial charge in [-0.2, -0.15) is 0 Å². The average molecular weight is 214 g/mol. The van der Waals surface area contributed by atoms with Gasteiger partial charge in [0.15, 0.2) is 11.6 Å². The van der Waals surface area contributed by atoms with Crippen LogP contribution in [-0.4, -0.2) is 36.5 Å². The predicted molar refractivity (Wildman–Crippen MR) is 55.2 cm³/mol. The topological polar surface area (TPSA) is 54.4 Å². The third-order valence-corrected chi connectivity index (χ3v) is 1.75. The van der Waals surface area contributed by atoms with Crippen molar-refractivity contribution in [1.82, 2.24) is 4.98 Å². The van der Waals surface area contributed by atoms with Gasteiger partial charge >= 0.3 is 0 Å². The summed E-state index contributed by atoms with van der Waals surface area (Å²) in [6.45, 7) is 1.52. The smallest absolute Gasteiger partial charge is 0.165 e. The molecule has 0 aliphatic carbocycles.